The monoisotopic (exact) mass is 1930 g/mol. The van der Waals surface area contributed by atoms with Crippen molar-refractivity contribution in [2.24, 2.45) is 52.0 Å². The molecular weight excluding hydrogens is 1790 g/mol. The van der Waals surface area contributed by atoms with Gasteiger partial charge in [0.25, 0.3) is 0 Å². The second-order valence-electron chi connectivity index (χ2n) is 32.7. The van der Waals surface area contributed by atoms with Crippen LogP contribution in [0.2, 0.25) is 0 Å². The summed E-state index contributed by atoms with van der Waals surface area (Å²) in [6, 6.07) is -26.2. The molecule has 0 aliphatic carbocycles. The van der Waals surface area contributed by atoms with Crippen LogP contribution in [0, 0.1) is 11.8 Å². The van der Waals surface area contributed by atoms with Gasteiger partial charge in [-0.05, 0) is 179 Å². The van der Waals surface area contributed by atoms with Crippen LogP contribution in [0.3, 0.4) is 0 Å². The van der Waals surface area contributed by atoms with E-state index in [0.717, 1.165) is 6.92 Å². The summed E-state index contributed by atoms with van der Waals surface area (Å²) in [5, 5.41) is 105. The highest BCUT2D eigenvalue weighted by atomic mass is 16.4. The van der Waals surface area contributed by atoms with Crippen LogP contribution in [0.4, 0.5) is 0 Å². The number of unbranched alkanes of at least 4 members (excludes halogenated alkanes) is 5. The van der Waals surface area contributed by atoms with E-state index in [0.29, 0.717) is 0 Å². The number of aliphatic hydroxyl groups excluding tert-OH is 1. The van der Waals surface area contributed by atoms with E-state index in [9.17, 15) is 151 Å². The molecule has 0 heterocycles. The van der Waals surface area contributed by atoms with Gasteiger partial charge in [0.2, 0.25) is 106 Å². The molecule has 0 saturated carbocycles. The van der Waals surface area contributed by atoms with Crippen molar-refractivity contribution in [2.45, 2.75) is 305 Å². The molecule has 0 bridgehead atoms. The lowest BCUT2D eigenvalue weighted by Gasteiger charge is -2.29. The molecule has 15 atom stereocenters. The first kappa shape index (κ1) is 122. The Balaban J connectivity index is 7.40. The minimum atomic E-state index is -2.12. The number of amides is 18. The number of carboxylic acids is 6. The van der Waals surface area contributed by atoms with Gasteiger partial charge >= 0.3 is 35.8 Å². The molecule has 0 unspecified atom stereocenters. The zero-order valence-electron chi connectivity index (χ0n) is 76.5. The first-order valence-corrected chi connectivity index (χ1v) is 44.3. The van der Waals surface area contributed by atoms with Crippen molar-refractivity contribution in [1.82, 2.24) is 85.1 Å². The van der Waals surface area contributed by atoms with Crippen molar-refractivity contribution in [3.8, 4) is 0 Å². The lowest BCUT2D eigenvalue weighted by Crippen LogP contribution is -2.61. The van der Waals surface area contributed by atoms with Crippen molar-refractivity contribution in [2.75, 3.05) is 45.9 Å². The van der Waals surface area contributed by atoms with Gasteiger partial charge in [-0.2, -0.15) is 0 Å². The Morgan fingerprint density at radius 1 is 0.244 bits per heavy atom. The maximum atomic E-state index is 14.7. The fraction of sp³-hybridized carbons (Fsp3) is 0.704. The predicted molar refractivity (Wildman–Crippen MR) is 473 cm³/mol. The van der Waals surface area contributed by atoms with Gasteiger partial charge in [0, 0.05) is 32.6 Å². The van der Waals surface area contributed by atoms with Crippen molar-refractivity contribution in [1.29, 1.82) is 0 Å². The fourth-order valence-electron chi connectivity index (χ4n) is 13.1. The Labute approximate surface area is 778 Å². The maximum Gasteiger partial charge on any atom is 0.305 e. The molecule has 0 aromatic carbocycles. The zero-order chi connectivity index (χ0) is 103. The summed E-state index contributed by atoms with van der Waals surface area (Å²) in [6.45, 7) is 5.98. The number of hydrogen-bond acceptors (Lipinski definition) is 30. The molecule has 37 N–H and O–H groups in total. The molecule has 54 heteroatoms. The molecule has 54 nitrogen and oxygen atoms in total. The summed E-state index contributed by atoms with van der Waals surface area (Å²) >= 11 is 0. The van der Waals surface area contributed by atoms with Crippen molar-refractivity contribution < 1.29 is 151 Å². The van der Waals surface area contributed by atoms with E-state index in [4.69, 9.17) is 40.1 Å². The van der Waals surface area contributed by atoms with E-state index in [1.165, 1.54) is 0 Å². The van der Waals surface area contributed by atoms with E-state index in [2.05, 4.69) is 79.8 Å². The van der Waals surface area contributed by atoms with Crippen LogP contribution in [0.1, 0.15) is 214 Å². The molecule has 764 valence electrons. The van der Waals surface area contributed by atoms with Gasteiger partial charge in [-0.1, -0.05) is 27.7 Å². The van der Waals surface area contributed by atoms with Gasteiger partial charge in [0.15, 0.2) is 0 Å². The minimum Gasteiger partial charge on any atom is -0.481 e. The van der Waals surface area contributed by atoms with Crippen LogP contribution in [0.5, 0.6) is 0 Å². The normalized spacial score (nSPS) is 14.4. The summed E-state index contributed by atoms with van der Waals surface area (Å²) in [5.74, 6) is -31.0. The van der Waals surface area contributed by atoms with E-state index in [1.54, 1.807) is 27.7 Å². The zero-order valence-corrected chi connectivity index (χ0v) is 76.5. The summed E-state index contributed by atoms with van der Waals surface area (Å²) in [7, 11) is 0. The largest absolute Gasteiger partial charge is 0.481 e. The molecule has 0 aromatic heterocycles. The van der Waals surface area contributed by atoms with Crippen LogP contribution in [0.15, 0.2) is 0 Å². The lowest BCUT2D eigenvalue weighted by molar-refractivity contribution is -0.142. The van der Waals surface area contributed by atoms with Crippen molar-refractivity contribution in [3.63, 3.8) is 0 Å². The molecule has 0 spiro atoms. The number of carbonyl (C=O) groups excluding carboxylic acids is 18. The van der Waals surface area contributed by atoms with Gasteiger partial charge in [0.05, 0.1) is 32.4 Å². The van der Waals surface area contributed by atoms with Crippen LogP contribution in [0.25, 0.3) is 0 Å². The highest BCUT2D eigenvalue weighted by molar-refractivity contribution is 6.02. The van der Waals surface area contributed by atoms with Gasteiger partial charge in [-0.3, -0.25) is 115 Å². The first-order valence-electron chi connectivity index (χ1n) is 44.3. The number of nitrogens with two attached hydrogens (primary N) is 7. The van der Waals surface area contributed by atoms with Crippen LogP contribution >= 0.6 is 0 Å². The number of aliphatic carboxylic acids is 6. The minimum absolute atomic E-state index is 0.0446. The third-order valence-corrected chi connectivity index (χ3v) is 20.1. The molecule has 0 rings (SSSR count). The third-order valence-electron chi connectivity index (χ3n) is 20.1. The molecule has 18 amide bonds. The summed E-state index contributed by atoms with van der Waals surface area (Å²) in [6.07, 6.45) is -8.83. The Morgan fingerprint density at radius 3 is 0.674 bits per heavy atom. The summed E-state index contributed by atoms with van der Waals surface area (Å²) in [5.41, 5.74) is 39.2. The van der Waals surface area contributed by atoms with E-state index in [-0.39, 0.29) is 142 Å². The molecule has 0 aliphatic heterocycles. The first-order chi connectivity index (χ1) is 63.5. The van der Waals surface area contributed by atoms with E-state index in [1.807, 2.05) is 5.32 Å². The molecule has 0 radical (unpaired) electrons. The third kappa shape index (κ3) is 53.5. The number of carboxylic acid groups (broad SMARTS) is 6. The smallest absolute Gasteiger partial charge is 0.305 e. The molecule has 0 aliphatic rings. The SMILES string of the molecule is CC(=O)N[C@@H](CC(=O)O)C(=O)N[C@@H](CCC(=O)O)C(=O)N[C@@H](CCCCN)C(=O)N[C@@H](CCC(=O)O)C(=O)N[C@@H](CCCCN)C(=O)N[C@@H](CC(C)C)C(=O)N[C@@H](CC(C)C)C(=O)N[C@@H](CCCCN)C(=O)N[C@@H](CCC(=O)O)C(=O)N[C@@H](CCCCN)C(=O)NCC(=O)N[C@@H](CCC(=O)O)C(=O)N[C@@H](CC(N)=O)C(=O)N[C@@H](CC(=O)O)C(=O)N[C@@H](CCCCN)C(=O)N[C@@H](CO)C(N)=O. The van der Waals surface area contributed by atoms with Gasteiger partial charge in [-0.25, -0.2) is 0 Å². The van der Waals surface area contributed by atoms with Gasteiger partial charge < -0.3 is 161 Å². The molecule has 0 saturated heterocycles. The van der Waals surface area contributed by atoms with Crippen LogP contribution in [-0.4, -0.2) is 314 Å². The molecule has 135 heavy (non-hydrogen) atoms. The topological polar surface area (TPSA) is 926 Å². The van der Waals surface area contributed by atoms with Crippen LogP contribution in [-0.2, 0) is 115 Å². The lowest BCUT2D eigenvalue weighted by atomic mass is 9.98. The number of aliphatic hydroxyl groups is 1. The maximum absolute atomic E-state index is 14.7. The Bertz CT molecular complexity index is 3980. The predicted octanol–water partition coefficient (Wildman–Crippen LogP) is -10.1. The fourth-order valence-corrected chi connectivity index (χ4v) is 13.1. The van der Waals surface area contributed by atoms with Crippen molar-refractivity contribution >= 4 is 142 Å². The van der Waals surface area contributed by atoms with Crippen LogP contribution < -0.4 is 125 Å². The molecular formula is C81H139N23O31. The molecule has 0 fully saturated rings. The number of carbonyl (C=O) groups is 24. The average Bonchev–Trinajstić information content (AvgIpc) is 0.892. The standard InChI is InChI=1S/C81H139N23O31/c1-41(2)34-53(101-78(132)54(35-42(3)4)100-71(125)47(19-9-14-32-85)94-75(129)51(23-27-63(113)114)98-69(123)45(17-7-12-30-83)93-76(130)52(24-28-64(115)116)99-80(134)56(37-65(117)118)90-43(5)106)77(131)95-46(18-8-13-31-84)70(124)97-50(22-26-62(111)112)74(128)92-44(16-6-11-29-82)68(122)89-39-60(108)91-49(21-25-61(109)110)73(127)102-55(36-59(87)107)79(133)103-57(38-66(119)120)81(135)96-48(20-10-15-33-86)72(126)104-58(40-105)67(88)121/h41-42,44-58,105H,6-40,82-86H2,1-5H3,(H2,87,107)(H2,88,121)(H,89,122)(H,90,106)(H,91,108)(H,92,128)(H,93,130)(H,94,129)(H,95,131)(H,96,135)(H,97,124)(H,98,123)(H,99,134)(H,100,125)(H,101,132)(H,102,127)(H,103,133)(H,104,126)(H,109,110)(H,111,112)(H,113,114)(H,115,116)(H,117,118)(H,119,120)/t44-,45-,46-,47-,48-,49-,50-,51-,52-,53-,54-,55-,56-,57-,58-/m0/s1. The Hall–Kier alpha value is -13.0. The van der Waals surface area contributed by atoms with Crippen molar-refractivity contribution in [3.05, 3.63) is 0 Å². The van der Waals surface area contributed by atoms with Gasteiger partial charge in [0.1, 0.15) is 90.6 Å². The summed E-state index contributed by atoms with van der Waals surface area (Å²) in [4.78, 5) is 319. The average molecular weight is 1930 g/mol. The summed E-state index contributed by atoms with van der Waals surface area (Å²) < 4.78 is 0. The highest BCUT2D eigenvalue weighted by Crippen LogP contribution is 2.17. The highest BCUT2D eigenvalue weighted by Gasteiger charge is 2.40. The van der Waals surface area contributed by atoms with Gasteiger partial charge in [-0.15, -0.1) is 0 Å². The number of hydrogen-bond donors (Lipinski definition) is 30. The van der Waals surface area contributed by atoms with E-state index < -0.39 is 328 Å². The second-order valence-corrected chi connectivity index (χ2v) is 32.7. The quantitative estimate of drug-likeness (QED) is 0.0251. The number of rotatable bonds is 75. The Kier molecular flexibility index (Phi) is 60.8. The number of nitrogens with one attached hydrogen (secondary N) is 16. The molecule has 0 aromatic rings. The Morgan fingerprint density at radius 2 is 0.452 bits per heavy atom. The van der Waals surface area contributed by atoms with E-state index >= 15 is 0 Å². The number of primary amides is 2. The second kappa shape index (κ2) is 67.3.